The van der Waals surface area contributed by atoms with E-state index in [1.807, 2.05) is 29.7 Å². The smallest absolute Gasteiger partial charge is 0.231 e. The Morgan fingerprint density at radius 2 is 2.06 bits per heavy atom. The van der Waals surface area contributed by atoms with Crippen molar-refractivity contribution in [2.24, 2.45) is 0 Å². The molecule has 1 aromatic heterocycles. The van der Waals surface area contributed by atoms with Gasteiger partial charge in [0.15, 0.2) is 0 Å². The number of fused-ring (bicyclic) bond motifs is 1. The van der Waals surface area contributed by atoms with E-state index in [2.05, 4.69) is 13.0 Å². The minimum Gasteiger partial charge on any atom is -0.284 e. The van der Waals surface area contributed by atoms with E-state index in [0.717, 1.165) is 35.9 Å². The van der Waals surface area contributed by atoms with E-state index < -0.39 is 0 Å². The fourth-order valence-corrected chi connectivity index (χ4v) is 2.53. The lowest BCUT2D eigenvalue weighted by atomic mass is 10.2. The Hall–Kier alpha value is -1.28. The second-order valence-electron chi connectivity index (χ2n) is 4.54. The first-order valence-electron chi connectivity index (χ1n) is 6.51. The van der Waals surface area contributed by atoms with Crippen molar-refractivity contribution in [1.29, 1.82) is 0 Å². The highest BCUT2D eigenvalue weighted by atomic mass is 35.5. The molecule has 0 atom stereocenters. The van der Waals surface area contributed by atoms with Crippen LogP contribution in [0.5, 0.6) is 0 Å². The Balaban J connectivity index is 2.62. The topological polar surface area (TPSA) is 22.0 Å². The number of hydrogen-bond acceptors (Lipinski definition) is 1. The summed E-state index contributed by atoms with van der Waals surface area (Å²) in [6.07, 6.45) is 3.37. The largest absolute Gasteiger partial charge is 0.284 e. The highest BCUT2D eigenvalue weighted by molar-refractivity contribution is 6.35. The minimum absolute atomic E-state index is 0.165. The van der Waals surface area contributed by atoms with Gasteiger partial charge in [0.25, 0.3) is 0 Å². The molecule has 0 bridgehead atoms. The molecule has 2 aromatic rings. The molecule has 0 aliphatic rings. The number of carbonyl (C=O) groups is 1. The maximum Gasteiger partial charge on any atom is 0.231 e. The van der Waals surface area contributed by atoms with E-state index in [1.54, 1.807) is 0 Å². The zero-order valence-corrected chi connectivity index (χ0v) is 11.6. The zero-order chi connectivity index (χ0) is 13.1. The Bertz CT molecular complexity index is 571. The Labute approximate surface area is 113 Å². The lowest BCUT2D eigenvalue weighted by molar-refractivity contribution is 0.0904. The van der Waals surface area contributed by atoms with E-state index in [1.165, 1.54) is 0 Å². The van der Waals surface area contributed by atoms with Crippen molar-refractivity contribution in [3.8, 4) is 0 Å². The molecular formula is C15H18ClNO. The molecular weight excluding hydrogens is 246 g/mol. The molecule has 0 amide bonds. The van der Waals surface area contributed by atoms with Gasteiger partial charge in [0.2, 0.25) is 5.91 Å². The third-order valence-electron chi connectivity index (χ3n) is 3.09. The summed E-state index contributed by atoms with van der Waals surface area (Å²) >= 11 is 6.20. The number of nitrogens with zero attached hydrogens (tertiary/aromatic N) is 1. The van der Waals surface area contributed by atoms with E-state index in [9.17, 15) is 4.79 Å². The van der Waals surface area contributed by atoms with Crippen molar-refractivity contribution in [2.45, 2.75) is 39.5 Å². The van der Waals surface area contributed by atoms with Crippen LogP contribution in [0.1, 0.15) is 43.6 Å². The maximum atomic E-state index is 12.2. The number of benzene rings is 1. The maximum absolute atomic E-state index is 12.2. The van der Waals surface area contributed by atoms with Gasteiger partial charge >= 0.3 is 0 Å². The van der Waals surface area contributed by atoms with Gasteiger partial charge in [-0.2, -0.15) is 0 Å². The Morgan fingerprint density at radius 1 is 1.28 bits per heavy atom. The first kappa shape index (κ1) is 13.2. The van der Waals surface area contributed by atoms with Crippen molar-refractivity contribution in [1.82, 2.24) is 4.57 Å². The first-order chi connectivity index (χ1) is 8.69. The van der Waals surface area contributed by atoms with Gasteiger partial charge in [0.05, 0.1) is 5.52 Å². The number of halogens is 1. The second-order valence-corrected chi connectivity index (χ2v) is 4.94. The van der Waals surface area contributed by atoms with Gasteiger partial charge < -0.3 is 0 Å². The highest BCUT2D eigenvalue weighted by Crippen LogP contribution is 2.28. The number of hydrogen-bond donors (Lipinski definition) is 0. The van der Waals surface area contributed by atoms with Crippen molar-refractivity contribution in [3.63, 3.8) is 0 Å². The summed E-state index contributed by atoms with van der Waals surface area (Å²) in [4.78, 5) is 12.2. The summed E-state index contributed by atoms with van der Waals surface area (Å²) in [6.45, 7) is 4.14. The molecule has 0 saturated carbocycles. The molecule has 2 rings (SSSR count). The molecule has 0 saturated heterocycles. The zero-order valence-electron chi connectivity index (χ0n) is 10.9. The van der Waals surface area contributed by atoms with Crippen LogP contribution in [0.15, 0.2) is 24.3 Å². The van der Waals surface area contributed by atoms with E-state index in [-0.39, 0.29) is 5.91 Å². The average Bonchev–Trinajstić information content (AvgIpc) is 2.70. The molecule has 0 unspecified atom stereocenters. The van der Waals surface area contributed by atoms with Gasteiger partial charge in [-0.1, -0.05) is 37.9 Å². The van der Waals surface area contributed by atoms with Gasteiger partial charge in [-0.3, -0.25) is 9.36 Å². The summed E-state index contributed by atoms with van der Waals surface area (Å²) in [7, 11) is 0. The van der Waals surface area contributed by atoms with Crippen LogP contribution in [0.3, 0.4) is 0 Å². The number of rotatable bonds is 4. The van der Waals surface area contributed by atoms with Gasteiger partial charge in [-0.25, -0.2) is 0 Å². The molecule has 1 aromatic carbocycles. The lowest BCUT2D eigenvalue weighted by Crippen LogP contribution is -2.12. The number of aryl methyl sites for hydroxylation is 1. The fraction of sp³-hybridized carbons (Fsp3) is 0.400. The minimum atomic E-state index is 0.165. The third-order valence-corrected chi connectivity index (χ3v) is 3.42. The predicted molar refractivity (Wildman–Crippen MR) is 76.5 cm³/mol. The van der Waals surface area contributed by atoms with Crippen LogP contribution in [-0.4, -0.2) is 10.5 Å². The van der Waals surface area contributed by atoms with Crippen LogP contribution in [0, 0.1) is 0 Å². The molecule has 0 aliphatic heterocycles. The summed E-state index contributed by atoms with van der Waals surface area (Å²) in [5.41, 5.74) is 2.00. The van der Waals surface area contributed by atoms with Crippen molar-refractivity contribution >= 4 is 28.4 Å². The lowest BCUT2D eigenvalue weighted by Gasteiger charge is -2.08. The van der Waals surface area contributed by atoms with Gasteiger partial charge in [-0.15, -0.1) is 0 Å². The van der Waals surface area contributed by atoms with E-state index in [0.29, 0.717) is 11.4 Å². The van der Waals surface area contributed by atoms with Crippen molar-refractivity contribution in [3.05, 3.63) is 35.0 Å². The van der Waals surface area contributed by atoms with Gasteiger partial charge in [0, 0.05) is 22.5 Å². The molecule has 0 radical (unpaired) electrons. The molecule has 0 aliphatic carbocycles. The summed E-state index contributed by atoms with van der Waals surface area (Å²) in [5, 5.41) is 1.69. The van der Waals surface area contributed by atoms with E-state index in [4.69, 9.17) is 11.6 Å². The molecule has 3 heteroatoms. The third kappa shape index (κ3) is 2.30. The molecule has 0 N–H and O–H groups in total. The van der Waals surface area contributed by atoms with Crippen LogP contribution in [0.25, 0.3) is 10.9 Å². The Kier molecular flexibility index (Phi) is 4.07. The second kappa shape index (κ2) is 5.57. The molecule has 0 spiro atoms. The van der Waals surface area contributed by atoms with Crippen LogP contribution in [-0.2, 0) is 6.42 Å². The standard InChI is InChI=1S/C15H18ClNO/c1-3-6-11-10-12-13(16)8-5-9-14(12)17(11)15(18)7-4-2/h5,8-10H,3-4,6-7H2,1-2H3. The van der Waals surface area contributed by atoms with Crippen LogP contribution in [0.2, 0.25) is 5.02 Å². The summed E-state index contributed by atoms with van der Waals surface area (Å²) in [6, 6.07) is 7.78. The SMILES string of the molecule is CCCC(=O)n1c(CCC)cc2c(Cl)cccc21. The van der Waals surface area contributed by atoms with Crippen molar-refractivity contribution < 1.29 is 4.79 Å². The Morgan fingerprint density at radius 3 is 2.72 bits per heavy atom. The molecule has 0 fully saturated rings. The summed E-state index contributed by atoms with van der Waals surface area (Å²) in [5.74, 6) is 0.165. The summed E-state index contributed by atoms with van der Waals surface area (Å²) < 4.78 is 1.84. The van der Waals surface area contributed by atoms with Crippen LogP contribution in [0.4, 0.5) is 0 Å². The average molecular weight is 264 g/mol. The van der Waals surface area contributed by atoms with Gasteiger partial charge in [0.1, 0.15) is 0 Å². The fourth-order valence-electron chi connectivity index (χ4n) is 2.31. The molecule has 18 heavy (non-hydrogen) atoms. The predicted octanol–water partition coefficient (Wildman–Crippen LogP) is 4.69. The first-order valence-corrected chi connectivity index (χ1v) is 6.88. The quantitative estimate of drug-likeness (QED) is 0.784. The molecule has 96 valence electrons. The monoisotopic (exact) mass is 263 g/mol. The van der Waals surface area contributed by atoms with Crippen LogP contribution < -0.4 is 0 Å². The normalized spacial score (nSPS) is 11.1. The highest BCUT2D eigenvalue weighted by Gasteiger charge is 2.15. The molecule has 2 nitrogen and oxygen atoms in total. The van der Waals surface area contributed by atoms with Crippen LogP contribution >= 0.6 is 11.6 Å². The molecule has 1 heterocycles. The number of aromatic nitrogens is 1. The number of carbonyl (C=O) groups excluding carboxylic acids is 1. The van der Waals surface area contributed by atoms with Gasteiger partial charge in [-0.05, 0) is 31.0 Å². The van der Waals surface area contributed by atoms with Crippen molar-refractivity contribution in [2.75, 3.05) is 0 Å². The van der Waals surface area contributed by atoms with E-state index >= 15 is 0 Å².